The van der Waals surface area contributed by atoms with Gasteiger partial charge in [-0.1, -0.05) is 22.0 Å². The fourth-order valence-electron chi connectivity index (χ4n) is 1.81. The van der Waals surface area contributed by atoms with Gasteiger partial charge in [-0.2, -0.15) is 0 Å². The second-order valence-electron chi connectivity index (χ2n) is 4.09. The van der Waals surface area contributed by atoms with Gasteiger partial charge in [0.2, 0.25) is 0 Å². The first-order chi connectivity index (χ1) is 9.51. The van der Waals surface area contributed by atoms with Gasteiger partial charge < -0.3 is 9.88 Å². The van der Waals surface area contributed by atoms with Gasteiger partial charge in [-0.25, -0.2) is 0 Å². The number of halogens is 1. The minimum atomic E-state index is -0.512. The third-order valence-corrected chi connectivity index (χ3v) is 3.24. The Hall–Kier alpha value is -2.15. The molecule has 1 amide bonds. The number of carbonyl (C=O) groups is 1. The second kappa shape index (κ2) is 5.87. The molecular formula is C13H12BrN3O3. The molecule has 0 aliphatic rings. The third-order valence-electron chi connectivity index (χ3n) is 2.75. The monoisotopic (exact) mass is 337 g/mol. The Balaban J connectivity index is 2.27. The Kier molecular flexibility index (Phi) is 4.19. The van der Waals surface area contributed by atoms with E-state index in [0.29, 0.717) is 12.2 Å². The molecule has 0 unspecified atom stereocenters. The predicted molar refractivity (Wildman–Crippen MR) is 78.9 cm³/mol. The number of aromatic nitrogens is 1. The van der Waals surface area contributed by atoms with Crippen molar-refractivity contribution in [3.05, 3.63) is 56.8 Å². The van der Waals surface area contributed by atoms with Crippen LogP contribution in [0.15, 0.2) is 41.0 Å². The summed E-state index contributed by atoms with van der Waals surface area (Å²) in [5.74, 6) is -0.377. The van der Waals surface area contributed by atoms with Crippen LogP contribution in [0.3, 0.4) is 0 Å². The maximum Gasteiger partial charge on any atom is 0.287 e. The highest BCUT2D eigenvalue weighted by Gasteiger charge is 2.18. The van der Waals surface area contributed by atoms with E-state index in [2.05, 4.69) is 21.2 Å². The number of carbonyl (C=O) groups excluding carboxylic acids is 1. The first kappa shape index (κ1) is 14.3. The first-order valence-electron chi connectivity index (χ1n) is 5.92. The fourth-order valence-corrected chi connectivity index (χ4v) is 2.21. The van der Waals surface area contributed by atoms with Crippen molar-refractivity contribution in [3.63, 3.8) is 0 Å². The minimum Gasteiger partial charge on any atom is -0.337 e. The number of nitrogens with one attached hydrogen (secondary N) is 1. The molecule has 104 valence electrons. The first-order valence-corrected chi connectivity index (χ1v) is 6.72. The molecule has 0 fully saturated rings. The summed E-state index contributed by atoms with van der Waals surface area (Å²) in [5, 5.41) is 13.5. The van der Waals surface area contributed by atoms with Crippen LogP contribution >= 0.6 is 15.9 Å². The molecule has 1 heterocycles. The van der Waals surface area contributed by atoms with Crippen molar-refractivity contribution in [1.82, 2.24) is 4.57 Å². The molecule has 1 aromatic heterocycles. The van der Waals surface area contributed by atoms with E-state index in [1.54, 1.807) is 22.8 Å². The van der Waals surface area contributed by atoms with Crippen LogP contribution in [0.1, 0.15) is 17.4 Å². The van der Waals surface area contributed by atoms with Crippen molar-refractivity contribution in [2.24, 2.45) is 0 Å². The highest BCUT2D eigenvalue weighted by atomic mass is 79.9. The van der Waals surface area contributed by atoms with Crippen molar-refractivity contribution >= 4 is 33.2 Å². The molecule has 0 spiro atoms. The zero-order chi connectivity index (χ0) is 14.7. The van der Waals surface area contributed by atoms with E-state index in [1.807, 2.05) is 13.0 Å². The van der Waals surface area contributed by atoms with Gasteiger partial charge in [-0.05, 0) is 25.1 Å². The van der Waals surface area contributed by atoms with E-state index in [1.165, 1.54) is 12.3 Å². The standard InChI is InChI=1S/C13H12BrN3O3/c1-2-16-8-11(17(19)20)7-12(16)13(18)15-10-5-3-4-9(14)6-10/h3-8H,2H2,1H3,(H,15,18). The molecule has 6 nitrogen and oxygen atoms in total. The van der Waals surface area contributed by atoms with Gasteiger partial charge in [-0.15, -0.1) is 0 Å². The average Bonchev–Trinajstić information content (AvgIpc) is 2.83. The van der Waals surface area contributed by atoms with Crippen molar-refractivity contribution in [2.45, 2.75) is 13.5 Å². The molecule has 0 saturated carbocycles. The molecule has 1 N–H and O–H groups in total. The Bertz CT molecular complexity index is 667. The lowest BCUT2D eigenvalue weighted by Gasteiger charge is -2.07. The minimum absolute atomic E-state index is 0.0914. The third kappa shape index (κ3) is 3.05. The van der Waals surface area contributed by atoms with Crippen molar-refractivity contribution in [1.29, 1.82) is 0 Å². The van der Waals surface area contributed by atoms with Gasteiger partial charge >= 0.3 is 0 Å². The van der Waals surface area contributed by atoms with Gasteiger partial charge in [-0.3, -0.25) is 14.9 Å². The average molecular weight is 338 g/mol. The normalized spacial score (nSPS) is 10.3. The number of benzene rings is 1. The molecule has 0 aliphatic heterocycles. The summed E-state index contributed by atoms with van der Waals surface area (Å²) in [4.78, 5) is 22.4. The summed E-state index contributed by atoms with van der Waals surface area (Å²) in [6.07, 6.45) is 1.36. The van der Waals surface area contributed by atoms with Crippen molar-refractivity contribution in [3.8, 4) is 0 Å². The van der Waals surface area contributed by atoms with Crippen LogP contribution in [0.25, 0.3) is 0 Å². The highest BCUT2D eigenvalue weighted by Crippen LogP contribution is 2.20. The predicted octanol–water partition coefficient (Wildman–Crippen LogP) is 3.43. The number of nitro groups is 1. The Morgan fingerprint density at radius 2 is 2.20 bits per heavy atom. The smallest absolute Gasteiger partial charge is 0.287 e. The van der Waals surface area contributed by atoms with Crippen LogP contribution in [0.4, 0.5) is 11.4 Å². The van der Waals surface area contributed by atoms with Crippen LogP contribution in [0, 0.1) is 10.1 Å². The molecule has 1 aromatic carbocycles. The van der Waals surface area contributed by atoms with Crippen molar-refractivity contribution in [2.75, 3.05) is 5.32 Å². The molecule has 0 bridgehead atoms. The number of nitrogens with zero attached hydrogens (tertiary/aromatic N) is 2. The van der Waals surface area contributed by atoms with E-state index >= 15 is 0 Å². The summed E-state index contributed by atoms with van der Waals surface area (Å²) in [6, 6.07) is 8.41. The fraction of sp³-hybridized carbons (Fsp3) is 0.154. The lowest BCUT2D eigenvalue weighted by Crippen LogP contribution is -2.16. The molecule has 0 radical (unpaired) electrons. The number of rotatable bonds is 4. The second-order valence-corrected chi connectivity index (χ2v) is 5.01. The largest absolute Gasteiger partial charge is 0.337 e. The van der Waals surface area contributed by atoms with E-state index in [0.717, 1.165) is 4.47 Å². The van der Waals surface area contributed by atoms with Gasteiger partial charge in [0.25, 0.3) is 11.6 Å². The molecule has 20 heavy (non-hydrogen) atoms. The van der Waals surface area contributed by atoms with E-state index in [9.17, 15) is 14.9 Å². The molecule has 2 aromatic rings. The number of hydrogen-bond acceptors (Lipinski definition) is 3. The zero-order valence-electron chi connectivity index (χ0n) is 10.7. The van der Waals surface area contributed by atoms with Crippen molar-refractivity contribution < 1.29 is 9.72 Å². The number of anilines is 1. The van der Waals surface area contributed by atoms with Crippen LogP contribution in [-0.4, -0.2) is 15.4 Å². The molecule has 0 atom stereocenters. The molecule has 0 saturated heterocycles. The van der Waals surface area contributed by atoms with E-state index in [-0.39, 0.29) is 17.3 Å². The SMILES string of the molecule is CCn1cc([N+](=O)[O-])cc1C(=O)Nc1cccc(Br)c1. The summed E-state index contributed by atoms with van der Waals surface area (Å²) in [7, 11) is 0. The van der Waals surface area contributed by atoms with Gasteiger partial charge in [0, 0.05) is 22.8 Å². The summed E-state index contributed by atoms with van der Waals surface area (Å²) in [5.41, 5.74) is 0.793. The molecule has 7 heteroatoms. The van der Waals surface area contributed by atoms with E-state index in [4.69, 9.17) is 0 Å². The van der Waals surface area contributed by atoms with Gasteiger partial charge in [0.1, 0.15) is 5.69 Å². The van der Waals surface area contributed by atoms with Crippen LogP contribution in [0.2, 0.25) is 0 Å². The molecule has 2 rings (SSSR count). The Morgan fingerprint density at radius 3 is 2.80 bits per heavy atom. The lowest BCUT2D eigenvalue weighted by molar-refractivity contribution is -0.384. The quantitative estimate of drug-likeness (QED) is 0.685. The zero-order valence-corrected chi connectivity index (χ0v) is 12.3. The van der Waals surface area contributed by atoms with Gasteiger partial charge in [0.15, 0.2) is 0 Å². The summed E-state index contributed by atoms with van der Waals surface area (Å²) < 4.78 is 2.39. The number of hydrogen-bond donors (Lipinski definition) is 1. The summed E-state index contributed by atoms with van der Waals surface area (Å²) in [6.45, 7) is 2.30. The number of amides is 1. The lowest BCUT2D eigenvalue weighted by atomic mass is 10.3. The maximum absolute atomic E-state index is 12.2. The molecular weight excluding hydrogens is 326 g/mol. The topological polar surface area (TPSA) is 77.2 Å². The van der Waals surface area contributed by atoms with Crippen LogP contribution < -0.4 is 5.32 Å². The Labute approximate surface area is 123 Å². The molecule has 0 aliphatic carbocycles. The van der Waals surface area contributed by atoms with Crippen LogP contribution in [0.5, 0.6) is 0 Å². The van der Waals surface area contributed by atoms with Crippen LogP contribution in [-0.2, 0) is 6.54 Å². The summed E-state index contributed by atoms with van der Waals surface area (Å²) >= 11 is 3.31. The maximum atomic E-state index is 12.2. The Morgan fingerprint density at radius 1 is 1.45 bits per heavy atom. The van der Waals surface area contributed by atoms with Gasteiger partial charge in [0.05, 0.1) is 11.1 Å². The van der Waals surface area contributed by atoms with E-state index < -0.39 is 4.92 Å². The highest BCUT2D eigenvalue weighted by molar-refractivity contribution is 9.10. The number of aryl methyl sites for hydroxylation is 1.